The summed E-state index contributed by atoms with van der Waals surface area (Å²) in [4.78, 5) is 12.6. The van der Waals surface area contributed by atoms with Crippen LogP contribution in [0.3, 0.4) is 0 Å². The lowest BCUT2D eigenvalue weighted by Crippen LogP contribution is -2.41. The number of fused-ring (bicyclic) bond motifs is 1. The van der Waals surface area contributed by atoms with Gasteiger partial charge < -0.3 is 10.1 Å². The van der Waals surface area contributed by atoms with Crippen molar-refractivity contribution in [2.24, 2.45) is 0 Å². The van der Waals surface area contributed by atoms with E-state index >= 15 is 0 Å². The van der Waals surface area contributed by atoms with E-state index in [0.717, 1.165) is 29.0 Å². The zero-order chi connectivity index (χ0) is 20.3. The first kappa shape index (κ1) is 20.2. The molecule has 1 aliphatic rings. The van der Waals surface area contributed by atoms with E-state index < -0.39 is 10.0 Å². The van der Waals surface area contributed by atoms with Crippen LogP contribution in [0.4, 0.5) is 5.69 Å². The summed E-state index contributed by atoms with van der Waals surface area (Å²) in [6.45, 7) is 1.62. The third kappa shape index (κ3) is 4.65. The number of carbonyl (C=O) groups excluding carboxylic acids is 1. The van der Waals surface area contributed by atoms with Crippen LogP contribution in [0.2, 0.25) is 0 Å². The first-order chi connectivity index (χ1) is 13.3. The Morgan fingerprint density at radius 3 is 2.64 bits per heavy atom. The van der Waals surface area contributed by atoms with Crippen LogP contribution in [0.1, 0.15) is 36.1 Å². The molecule has 3 rings (SSSR count). The minimum atomic E-state index is -3.63. The number of ether oxygens (including phenoxy) is 1. The highest BCUT2D eigenvalue weighted by Crippen LogP contribution is 2.26. The Labute approximate surface area is 166 Å². The fourth-order valence-corrected chi connectivity index (χ4v) is 4.38. The number of amides is 1. The van der Waals surface area contributed by atoms with Crippen molar-refractivity contribution in [3.8, 4) is 5.75 Å². The Morgan fingerprint density at radius 2 is 1.93 bits per heavy atom. The lowest BCUT2D eigenvalue weighted by Gasteiger charge is -2.23. The van der Waals surface area contributed by atoms with Crippen LogP contribution in [0.25, 0.3) is 0 Å². The summed E-state index contributed by atoms with van der Waals surface area (Å²) in [7, 11) is -2.12. The van der Waals surface area contributed by atoms with E-state index in [9.17, 15) is 13.2 Å². The molecule has 0 bridgehead atoms. The van der Waals surface area contributed by atoms with Gasteiger partial charge in [0.2, 0.25) is 15.9 Å². The summed E-state index contributed by atoms with van der Waals surface area (Å²) in [5.74, 6) is 0.166. The fraction of sp³-hybridized carbons (Fsp3) is 0.381. The number of rotatable bonds is 7. The van der Waals surface area contributed by atoms with Gasteiger partial charge in [0.05, 0.1) is 25.1 Å². The predicted molar refractivity (Wildman–Crippen MR) is 110 cm³/mol. The summed E-state index contributed by atoms with van der Waals surface area (Å²) in [5, 5.41) is 2.91. The number of methoxy groups -OCH3 is 1. The monoisotopic (exact) mass is 402 g/mol. The molecule has 1 aliphatic carbocycles. The molecule has 0 saturated heterocycles. The predicted octanol–water partition coefficient (Wildman–Crippen LogP) is 2.83. The second-order valence-corrected chi connectivity index (χ2v) is 9.05. The van der Waals surface area contributed by atoms with E-state index in [1.54, 1.807) is 24.3 Å². The highest BCUT2D eigenvalue weighted by molar-refractivity contribution is 7.92. The molecule has 0 saturated carbocycles. The van der Waals surface area contributed by atoms with Crippen LogP contribution < -0.4 is 14.4 Å². The SMILES string of the molecule is COc1cccc(N(CC(=O)NC(C)c2ccc3c(c2)CCC3)S(C)(=O)=O)c1. The molecule has 6 nitrogen and oxygen atoms in total. The molecule has 0 fully saturated rings. The lowest BCUT2D eigenvalue weighted by atomic mass is 10.0. The topological polar surface area (TPSA) is 75.7 Å². The Balaban J connectivity index is 1.73. The van der Waals surface area contributed by atoms with Gasteiger partial charge in [-0.25, -0.2) is 8.42 Å². The Hall–Kier alpha value is -2.54. The van der Waals surface area contributed by atoms with E-state index in [4.69, 9.17) is 4.74 Å². The van der Waals surface area contributed by atoms with Crippen molar-refractivity contribution in [3.05, 3.63) is 59.2 Å². The van der Waals surface area contributed by atoms with Gasteiger partial charge in [-0.2, -0.15) is 0 Å². The van der Waals surface area contributed by atoms with Gasteiger partial charge in [0.15, 0.2) is 0 Å². The van der Waals surface area contributed by atoms with Crippen molar-refractivity contribution in [2.75, 3.05) is 24.2 Å². The molecule has 0 aliphatic heterocycles. The number of sulfonamides is 1. The molecule has 0 spiro atoms. The molecule has 2 aromatic carbocycles. The maximum atomic E-state index is 12.6. The average molecular weight is 403 g/mol. The van der Waals surface area contributed by atoms with Crippen molar-refractivity contribution >= 4 is 21.6 Å². The second kappa shape index (κ2) is 8.22. The van der Waals surface area contributed by atoms with Crippen LogP contribution in [0, 0.1) is 0 Å². The first-order valence-corrected chi connectivity index (χ1v) is 11.2. The highest BCUT2D eigenvalue weighted by atomic mass is 32.2. The van der Waals surface area contributed by atoms with E-state index in [1.165, 1.54) is 24.7 Å². The van der Waals surface area contributed by atoms with Gasteiger partial charge in [-0.15, -0.1) is 0 Å². The van der Waals surface area contributed by atoms with E-state index in [2.05, 4.69) is 17.4 Å². The molecule has 1 N–H and O–H groups in total. The minimum absolute atomic E-state index is 0.204. The van der Waals surface area contributed by atoms with Gasteiger partial charge in [-0.3, -0.25) is 9.10 Å². The van der Waals surface area contributed by atoms with Crippen molar-refractivity contribution in [2.45, 2.75) is 32.2 Å². The quantitative estimate of drug-likeness (QED) is 0.773. The molecule has 1 atom stereocenters. The zero-order valence-corrected chi connectivity index (χ0v) is 17.3. The van der Waals surface area contributed by atoms with Gasteiger partial charge in [0.1, 0.15) is 12.3 Å². The average Bonchev–Trinajstić information content (AvgIpc) is 3.13. The number of anilines is 1. The molecule has 1 amide bonds. The summed E-state index contributed by atoms with van der Waals surface area (Å²) < 4.78 is 30.8. The standard InChI is InChI=1S/C21H26N2O4S/c1-15(17-11-10-16-6-4-7-18(16)12-17)22-21(24)14-23(28(3,25)26)19-8-5-9-20(13-19)27-2/h5,8-13,15H,4,6-7,14H2,1-3H3,(H,22,24). The molecule has 0 aromatic heterocycles. The number of carbonyl (C=O) groups is 1. The van der Waals surface area contributed by atoms with Gasteiger partial charge in [0.25, 0.3) is 0 Å². The van der Waals surface area contributed by atoms with Crippen LogP contribution in [-0.4, -0.2) is 34.2 Å². The van der Waals surface area contributed by atoms with Crippen molar-refractivity contribution < 1.29 is 17.9 Å². The summed E-state index contributed by atoms with van der Waals surface area (Å²) in [6.07, 6.45) is 4.44. The smallest absolute Gasteiger partial charge is 0.241 e. The third-order valence-corrected chi connectivity index (χ3v) is 6.17. The third-order valence-electron chi connectivity index (χ3n) is 5.03. The molecule has 0 heterocycles. The molecule has 7 heteroatoms. The number of hydrogen-bond acceptors (Lipinski definition) is 4. The van der Waals surface area contributed by atoms with Crippen molar-refractivity contribution in [1.29, 1.82) is 0 Å². The van der Waals surface area contributed by atoms with Crippen LogP contribution in [0.5, 0.6) is 5.75 Å². The van der Waals surface area contributed by atoms with Crippen molar-refractivity contribution in [3.63, 3.8) is 0 Å². The number of nitrogens with one attached hydrogen (secondary N) is 1. The van der Waals surface area contributed by atoms with E-state index in [0.29, 0.717) is 11.4 Å². The maximum absolute atomic E-state index is 12.6. The highest BCUT2D eigenvalue weighted by Gasteiger charge is 2.22. The molecule has 150 valence electrons. The van der Waals surface area contributed by atoms with E-state index in [1.807, 2.05) is 13.0 Å². The van der Waals surface area contributed by atoms with E-state index in [-0.39, 0.29) is 18.5 Å². The van der Waals surface area contributed by atoms with Crippen molar-refractivity contribution in [1.82, 2.24) is 5.32 Å². The van der Waals surface area contributed by atoms with Gasteiger partial charge >= 0.3 is 0 Å². The summed E-state index contributed by atoms with van der Waals surface area (Å²) in [6, 6.07) is 12.7. The Morgan fingerprint density at radius 1 is 1.18 bits per heavy atom. The molecule has 2 aromatic rings. The molecule has 0 radical (unpaired) electrons. The molecule has 1 unspecified atom stereocenters. The number of nitrogens with zero attached hydrogens (tertiary/aromatic N) is 1. The minimum Gasteiger partial charge on any atom is -0.497 e. The largest absolute Gasteiger partial charge is 0.497 e. The molecule has 28 heavy (non-hydrogen) atoms. The second-order valence-electron chi connectivity index (χ2n) is 7.14. The van der Waals surface area contributed by atoms with Crippen LogP contribution in [0.15, 0.2) is 42.5 Å². The van der Waals surface area contributed by atoms with Crippen LogP contribution >= 0.6 is 0 Å². The van der Waals surface area contributed by atoms with Gasteiger partial charge in [-0.1, -0.05) is 24.3 Å². The van der Waals surface area contributed by atoms with Gasteiger partial charge in [0, 0.05) is 6.07 Å². The lowest BCUT2D eigenvalue weighted by molar-refractivity contribution is -0.120. The normalized spacial score (nSPS) is 14.2. The molecular weight excluding hydrogens is 376 g/mol. The number of benzene rings is 2. The summed E-state index contributed by atoms with van der Waals surface area (Å²) in [5.41, 5.74) is 4.14. The zero-order valence-electron chi connectivity index (χ0n) is 16.4. The maximum Gasteiger partial charge on any atom is 0.241 e. The Kier molecular flexibility index (Phi) is 5.93. The number of hydrogen-bond donors (Lipinski definition) is 1. The fourth-order valence-electron chi connectivity index (χ4n) is 3.53. The first-order valence-electron chi connectivity index (χ1n) is 9.31. The Bertz CT molecular complexity index is 972. The summed E-state index contributed by atoms with van der Waals surface area (Å²) >= 11 is 0. The van der Waals surface area contributed by atoms with Crippen LogP contribution in [-0.2, 0) is 27.7 Å². The van der Waals surface area contributed by atoms with Gasteiger partial charge in [-0.05, 0) is 55.0 Å². The molecular formula is C21H26N2O4S. The number of aryl methyl sites for hydroxylation is 2.